The number of ether oxygens (including phenoxy) is 1. The number of carbonyl (C=O) groups is 1. The van der Waals surface area contributed by atoms with Crippen LogP contribution in [0.2, 0.25) is 0 Å². The highest BCUT2D eigenvalue weighted by atomic mass is 35.5. The second kappa shape index (κ2) is 6.14. The number of nitrogens with two attached hydrogens (primary N) is 1. The topological polar surface area (TPSA) is 64.3 Å². The van der Waals surface area contributed by atoms with Crippen LogP contribution in [0.4, 0.5) is 11.4 Å². The predicted molar refractivity (Wildman–Crippen MR) is 63.6 cm³/mol. The van der Waals surface area contributed by atoms with Gasteiger partial charge in [-0.3, -0.25) is 4.79 Å². The van der Waals surface area contributed by atoms with Crippen molar-refractivity contribution in [3.63, 3.8) is 0 Å². The van der Waals surface area contributed by atoms with Crippen molar-refractivity contribution in [3.05, 3.63) is 18.2 Å². The van der Waals surface area contributed by atoms with E-state index in [-0.39, 0.29) is 18.3 Å². The molecule has 0 heterocycles. The maximum Gasteiger partial charge on any atom is 0.224 e. The first-order valence-electron chi connectivity index (χ1n) is 4.40. The van der Waals surface area contributed by atoms with Gasteiger partial charge in [0, 0.05) is 12.1 Å². The second-order valence-electron chi connectivity index (χ2n) is 2.86. The van der Waals surface area contributed by atoms with E-state index in [4.69, 9.17) is 10.5 Å². The van der Waals surface area contributed by atoms with Crippen LogP contribution in [0.1, 0.15) is 13.3 Å². The number of anilines is 2. The van der Waals surface area contributed by atoms with E-state index in [1.54, 1.807) is 32.2 Å². The Labute approximate surface area is 95.2 Å². The van der Waals surface area contributed by atoms with Gasteiger partial charge < -0.3 is 15.8 Å². The summed E-state index contributed by atoms with van der Waals surface area (Å²) in [6.07, 6.45) is 0.450. The quantitative estimate of drug-likeness (QED) is 0.782. The highest BCUT2D eigenvalue weighted by molar-refractivity contribution is 5.91. The first-order chi connectivity index (χ1) is 6.67. The fourth-order valence-electron chi connectivity index (χ4n) is 1.06. The van der Waals surface area contributed by atoms with E-state index in [2.05, 4.69) is 5.32 Å². The molecule has 15 heavy (non-hydrogen) atoms. The van der Waals surface area contributed by atoms with Crippen LogP contribution in [0, 0.1) is 0 Å². The van der Waals surface area contributed by atoms with Crippen LogP contribution in [0.3, 0.4) is 0 Å². The summed E-state index contributed by atoms with van der Waals surface area (Å²) in [5.74, 6) is 0.578. The number of rotatable bonds is 3. The highest BCUT2D eigenvalue weighted by Gasteiger charge is 2.02. The molecule has 0 saturated carbocycles. The monoisotopic (exact) mass is 230 g/mol. The van der Waals surface area contributed by atoms with Crippen molar-refractivity contribution in [1.29, 1.82) is 0 Å². The molecule has 0 fully saturated rings. The number of amides is 1. The van der Waals surface area contributed by atoms with Gasteiger partial charge in [0.15, 0.2) is 0 Å². The SMILES string of the molecule is CCC(=O)Nc1ccc(OC)c(N)c1.Cl. The molecule has 0 spiro atoms. The van der Waals surface area contributed by atoms with Gasteiger partial charge in [0.05, 0.1) is 12.8 Å². The first-order valence-corrected chi connectivity index (χ1v) is 4.40. The average Bonchev–Trinajstić information content (AvgIpc) is 2.18. The lowest BCUT2D eigenvalue weighted by molar-refractivity contribution is -0.115. The fraction of sp³-hybridized carbons (Fsp3) is 0.300. The molecule has 84 valence electrons. The zero-order valence-electron chi connectivity index (χ0n) is 8.74. The zero-order chi connectivity index (χ0) is 10.6. The van der Waals surface area contributed by atoms with Gasteiger partial charge in [-0.15, -0.1) is 12.4 Å². The zero-order valence-corrected chi connectivity index (χ0v) is 9.56. The molecule has 0 aliphatic heterocycles. The maximum atomic E-state index is 11.1. The van der Waals surface area contributed by atoms with Crippen LogP contribution in [0.15, 0.2) is 18.2 Å². The Balaban J connectivity index is 0.00000196. The lowest BCUT2D eigenvalue weighted by Gasteiger charge is -2.07. The maximum absolute atomic E-state index is 11.1. The van der Waals surface area contributed by atoms with E-state index in [1.807, 2.05) is 0 Å². The number of benzene rings is 1. The normalized spacial score (nSPS) is 8.93. The summed E-state index contributed by atoms with van der Waals surface area (Å²) in [5, 5.41) is 2.71. The summed E-state index contributed by atoms with van der Waals surface area (Å²) < 4.78 is 4.99. The van der Waals surface area contributed by atoms with Gasteiger partial charge in [0.1, 0.15) is 5.75 Å². The summed E-state index contributed by atoms with van der Waals surface area (Å²) in [5.41, 5.74) is 6.88. The van der Waals surface area contributed by atoms with E-state index in [0.717, 1.165) is 0 Å². The van der Waals surface area contributed by atoms with E-state index in [9.17, 15) is 4.79 Å². The van der Waals surface area contributed by atoms with E-state index in [0.29, 0.717) is 23.5 Å². The molecule has 0 aliphatic rings. The number of nitrogen functional groups attached to an aromatic ring is 1. The van der Waals surface area contributed by atoms with Gasteiger partial charge in [-0.1, -0.05) is 6.92 Å². The van der Waals surface area contributed by atoms with Crippen molar-refractivity contribution in [2.45, 2.75) is 13.3 Å². The van der Waals surface area contributed by atoms with Crippen molar-refractivity contribution in [1.82, 2.24) is 0 Å². The molecule has 1 aromatic carbocycles. The van der Waals surface area contributed by atoms with E-state index < -0.39 is 0 Å². The molecule has 0 saturated heterocycles. The summed E-state index contributed by atoms with van der Waals surface area (Å²) in [7, 11) is 1.55. The number of halogens is 1. The third-order valence-electron chi connectivity index (χ3n) is 1.83. The number of hydrogen-bond donors (Lipinski definition) is 2. The lowest BCUT2D eigenvalue weighted by atomic mass is 10.2. The number of carbonyl (C=O) groups excluding carboxylic acids is 1. The Kier molecular flexibility index (Phi) is 5.56. The molecule has 0 unspecified atom stereocenters. The molecule has 0 aromatic heterocycles. The molecule has 3 N–H and O–H groups in total. The Morgan fingerprint density at radius 3 is 2.67 bits per heavy atom. The number of hydrogen-bond acceptors (Lipinski definition) is 3. The van der Waals surface area contributed by atoms with Crippen LogP contribution in [-0.4, -0.2) is 13.0 Å². The van der Waals surface area contributed by atoms with Crippen molar-refractivity contribution in [3.8, 4) is 5.75 Å². The molecule has 1 amide bonds. The Bertz CT molecular complexity index is 342. The van der Waals surface area contributed by atoms with Gasteiger partial charge in [-0.2, -0.15) is 0 Å². The minimum atomic E-state index is -0.0328. The van der Waals surface area contributed by atoms with Crippen molar-refractivity contribution >= 4 is 29.7 Å². The standard InChI is InChI=1S/C10H14N2O2.ClH/c1-3-10(13)12-7-4-5-9(14-2)8(11)6-7;/h4-6H,3,11H2,1-2H3,(H,12,13);1H. The summed E-state index contributed by atoms with van der Waals surface area (Å²) >= 11 is 0. The molecule has 1 rings (SSSR count). The van der Waals surface area contributed by atoms with Gasteiger partial charge >= 0.3 is 0 Å². The third kappa shape index (κ3) is 3.67. The largest absolute Gasteiger partial charge is 0.495 e. The van der Waals surface area contributed by atoms with Crippen LogP contribution in [0.25, 0.3) is 0 Å². The third-order valence-corrected chi connectivity index (χ3v) is 1.83. The molecular formula is C10H15ClN2O2. The van der Waals surface area contributed by atoms with Gasteiger partial charge in [0.2, 0.25) is 5.91 Å². The van der Waals surface area contributed by atoms with E-state index in [1.165, 1.54) is 0 Å². The first kappa shape index (κ1) is 13.6. The summed E-state index contributed by atoms with van der Waals surface area (Å²) in [6.45, 7) is 1.79. The van der Waals surface area contributed by atoms with Gasteiger partial charge in [0.25, 0.3) is 0 Å². The molecule has 0 bridgehead atoms. The van der Waals surface area contributed by atoms with E-state index >= 15 is 0 Å². The van der Waals surface area contributed by atoms with Crippen molar-refractivity contribution in [2.75, 3.05) is 18.2 Å². The molecular weight excluding hydrogens is 216 g/mol. The fourth-order valence-corrected chi connectivity index (χ4v) is 1.06. The van der Waals surface area contributed by atoms with Crippen LogP contribution in [0.5, 0.6) is 5.75 Å². The minimum absolute atomic E-state index is 0. The smallest absolute Gasteiger partial charge is 0.224 e. The Morgan fingerprint density at radius 1 is 1.53 bits per heavy atom. The molecule has 4 nitrogen and oxygen atoms in total. The van der Waals surface area contributed by atoms with Gasteiger partial charge in [-0.05, 0) is 18.2 Å². The molecule has 0 radical (unpaired) electrons. The number of methoxy groups -OCH3 is 1. The Hall–Kier alpha value is -1.42. The van der Waals surface area contributed by atoms with Crippen LogP contribution >= 0.6 is 12.4 Å². The summed E-state index contributed by atoms with van der Waals surface area (Å²) in [4.78, 5) is 11.1. The molecule has 0 atom stereocenters. The minimum Gasteiger partial charge on any atom is -0.495 e. The molecule has 5 heteroatoms. The second-order valence-corrected chi connectivity index (χ2v) is 2.86. The van der Waals surface area contributed by atoms with Crippen molar-refractivity contribution < 1.29 is 9.53 Å². The van der Waals surface area contributed by atoms with Gasteiger partial charge in [-0.25, -0.2) is 0 Å². The lowest BCUT2D eigenvalue weighted by Crippen LogP contribution is -2.09. The summed E-state index contributed by atoms with van der Waals surface area (Å²) in [6, 6.07) is 5.15. The molecule has 1 aromatic rings. The van der Waals surface area contributed by atoms with Crippen LogP contribution in [-0.2, 0) is 4.79 Å². The highest BCUT2D eigenvalue weighted by Crippen LogP contribution is 2.24. The number of nitrogens with one attached hydrogen (secondary N) is 1. The average molecular weight is 231 g/mol. The van der Waals surface area contributed by atoms with Crippen LogP contribution < -0.4 is 15.8 Å². The van der Waals surface area contributed by atoms with Crippen molar-refractivity contribution in [2.24, 2.45) is 0 Å². The predicted octanol–water partition coefficient (Wildman–Crippen LogP) is 2.05. The Morgan fingerprint density at radius 2 is 2.20 bits per heavy atom. The molecule has 0 aliphatic carbocycles.